The number of carbonyl (C=O) groups excluding carboxylic acids is 1. The van der Waals surface area contributed by atoms with Crippen molar-refractivity contribution in [1.82, 2.24) is 5.32 Å². The van der Waals surface area contributed by atoms with Gasteiger partial charge < -0.3 is 21.9 Å². The molecular formula is C6H13N3O3. The molecule has 0 saturated heterocycles. The molecule has 0 radical (unpaired) electrons. The van der Waals surface area contributed by atoms with Gasteiger partial charge in [-0.15, -0.1) is 0 Å². The third-order valence-electron chi connectivity index (χ3n) is 1.51. The second-order valence-electron chi connectivity index (χ2n) is 2.66. The van der Waals surface area contributed by atoms with Crippen LogP contribution >= 0.6 is 0 Å². The summed E-state index contributed by atoms with van der Waals surface area (Å²) < 4.78 is 0. The third kappa shape index (κ3) is 2.48. The Hall–Kier alpha value is -1.14. The maximum atomic E-state index is 10.5. The van der Waals surface area contributed by atoms with E-state index in [2.05, 4.69) is 5.32 Å². The molecule has 0 heterocycles. The second-order valence-corrected chi connectivity index (χ2v) is 2.66. The number of carbonyl (C=O) groups is 2. The number of hydrogen-bond donors (Lipinski definition) is 4. The van der Waals surface area contributed by atoms with Crippen LogP contribution in [0.25, 0.3) is 0 Å². The molecule has 0 aliphatic rings. The maximum Gasteiger partial charge on any atom is 0.340 e. The zero-order valence-electron chi connectivity index (χ0n) is 7.00. The molecule has 0 aromatic rings. The summed E-state index contributed by atoms with van der Waals surface area (Å²) in [7, 11) is 0. The van der Waals surface area contributed by atoms with Crippen molar-refractivity contribution in [1.29, 1.82) is 0 Å². The number of nitrogens with two attached hydrogens (primary N) is 2. The molecule has 1 unspecified atom stereocenters. The lowest BCUT2D eigenvalue weighted by molar-refractivity contribution is -0.144. The Morgan fingerprint density at radius 2 is 1.92 bits per heavy atom. The van der Waals surface area contributed by atoms with Crippen LogP contribution in [0.5, 0.6) is 0 Å². The smallest absolute Gasteiger partial charge is 0.340 e. The van der Waals surface area contributed by atoms with Crippen LogP contribution in [-0.4, -0.2) is 28.7 Å². The standard InChI is InChI=1S/C6H13N3O3/c1-3(9-4(2)10)6(7,8)5(11)12/h3H,7-8H2,1-2H3,(H,9,10)(H,11,12). The van der Waals surface area contributed by atoms with Gasteiger partial charge in [0.2, 0.25) is 5.91 Å². The molecule has 6 heteroatoms. The van der Waals surface area contributed by atoms with Crippen LogP contribution in [0.4, 0.5) is 0 Å². The van der Waals surface area contributed by atoms with Gasteiger partial charge in [-0.25, -0.2) is 4.79 Å². The van der Waals surface area contributed by atoms with E-state index in [-0.39, 0.29) is 5.91 Å². The number of carboxylic acid groups (broad SMARTS) is 1. The molecule has 0 bridgehead atoms. The first kappa shape index (κ1) is 10.9. The fourth-order valence-electron chi connectivity index (χ4n) is 0.610. The molecule has 1 amide bonds. The van der Waals surface area contributed by atoms with Crippen molar-refractivity contribution in [2.75, 3.05) is 0 Å². The molecule has 0 aromatic heterocycles. The Morgan fingerprint density at radius 3 is 2.17 bits per heavy atom. The van der Waals surface area contributed by atoms with E-state index >= 15 is 0 Å². The monoisotopic (exact) mass is 175 g/mol. The lowest BCUT2D eigenvalue weighted by Crippen LogP contribution is -2.68. The predicted molar refractivity (Wildman–Crippen MR) is 42.0 cm³/mol. The summed E-state index contributed by atoms with van der Waals surface area (Å²) in [6.45, 7) is 2.68. The highest BCUT2D eigenvalue weighted by atomic mass is 16.4. The summed E-state index contributed by atoms with van der Waals surface area (Å²) in [6, 6.07) is -0.813. The van der Waals surface area contributed by atoms with Gasteiger partial charge in [0.05, 0.1) is 6.04 Å². The molecule has 70 valence electrons. The number of aliphatic carboxylic acids is 1. The molecule has 0 rings (SSSR count). The van der Waals surface area contributed by atoms with Gasteiger partial charge in [-0.2, -0.15) is 0 Å². The summed E-state index contributed by atoms with van der Waals surface area (Å²) in [5.41, 5.74) is 8.50. The molecule has 12 heavy (non-hydrogen) atoms. The highest BCUT2D eigenvalue weighted by molar-refractivity contribution is 5.80. The van der Waals surface area contributed by atoms with Gasteiger partial charge >= 0.3 is 5.97 Å². The first-order chi connectivity index (χ1) is 5.28. The van der Waals surface area contributed by atoms with E-state index in [0.717, 1.165) is 0 Å². The molecule has 6 nitrogen and oxygen atoms in total. The fraction of sp³-hybridized carbons (Fsp3) is 0.667. The number of carboxylic acids is 1. The van der Waals surface area contributed by atoms with Crippen LogP contribution in [0.3, 0.4) is 0 Å². The topological polar surface area (TPSA) is 118 Å². The Morgan fingerprint density at radius 1 is 1.50 bits per heavy atom. The van der Waals surface area contributed by atoms with Crippen molar-refractivity contribution in [2.45, 2.75) is 25.6 Å². The number of hydrogen-bond acceptors (Lipinski definition) is 4. The van der Waals surface area contributed by atoms with Crippen molar-refractivity contribution >= 4 is 11.9 Å². The summed E-state index contributed by atoms with van der Waals surface area (Å²) in [6.07, 6.45) is 0. The zero-order valence-corrected chi connectivity index (χ0v) is 7.00. The van der Waals surface area contributed by atoms with Crippen LogP contribution < -0.4 is 16.8 Å². The SMILES string of the molecule is CC(=O)NC(C)C(N)(N)C(=O)O. The van der Waals surface area contributed by atoms with Crippen molar-refractivity contribution in [3.8, 4) is 0 Å². The van der Waals surface area contributed by atoms with E-state index in [1.54, 1.807) is 0 Å². The highest BCUT2D eigenvalue weighted by Crippen LogP contribution is 1.98. The van der Waals surface area contributed by atoms with Gasteiger partial charge in [-0.1, -0.05) is 0 Å². The van der Waals surface area contributed by atoms with Crippen molar-refractivity contribution in [3.05, 3.63) is 0 Å². The molecule has 0 spiro atoms. The van der Waals surface area contributed by atoms with Crippen LogP contribution in [0, 0.1) is 0 Å². The molecule has 6 N–H and O–H groups in total. The minimum absolute atomic E-state index is 0.371. The Labute approximate surface area is 69.9 Å². The quantitative estimate of drug-likeness (QED) is 0.378. The first-order valence-electron chi connectivity index (χ1n) is 3.36. The van der Waals surface area contributed by atoms with E-state index < -0.39 is 17.7 Å². The van der Waals surface area contributed by atoms with Crippen molar-refractivity contribution < 1.29 is 14.7 Å². The number of amides is 1. The largest absolute Gasteiger partial charge is 0.479 e. The summed E-state index contributed by atoms with van der Waals surface area (Å²) in [5.74, 6) is -1.73. The molecule has 1 atom stereocenters. The van der Waals surface area contributed by atoms with Crippen molar-refractivity contribution in [2.24, 2.45) is 11.5 Å². The van der Waals surface area contributed by atoms with Crippen LogP contribution in [0.1, 0.15) is 13.8 Å². The molecule has 0 aliphatic heterocycles. The van der Waals surface area contributed by atoms with Gasteiger partial charge in [0.15, 0.2) is 5.66 Å². The zero-order chi connectivity index (χ0) is 9.94. The van der Waals surface area contributed by atoms with Gasteiger partial charge in [0.1, 0.15) is 0 Å². The van der Waals surface area contributed by atoms with Gasteiger partial charge in [0.25, 0.3) is 0 Å². The van der Waals surface area contributed by atoms with Crippen LogP contribution in [0.15, 0.2) is 0 Å². The van der Waals surface area contributed by atoms with Gasteiger partial charge in [-0.3, -0.25) is 4.79 Å². The number of rotatable bonds is 3. The predicted octanol–water partition coefficient (Wildman–Crippen LogP) is -1.79. The van der Waals surface area contributed by atoms with Crippen molar-refractivity contribution in [3.63, 3.8) is 0 Å². The molecular weight excluding hydrogens is 162 g/mol. The molecule has 0 aromatic carbocycles. The summed E-state index contributed by atoms with van der Waals surface area (Å²) in [4.78, 5) is 21.0. The fourth-order valence-corrected chi connectivity index (χ4v) is 0.610. The van der Waals surface area contributed by atoms with Crippen LogP contribution in [-0.2, 0) is 9.59 Å². The Kier molecular flexibility index (Phi) is 3.17. The maximum absolute atomic E-state index is 10.5. The van der Waals surface area contributed by atoms with Crippen LogP contribution in [0.2, 0.25) is 0 Å². The van der Waals surface area contributed by atoms with E-state index in [9.17, 15) is 9.59 Å². The Bertz CT molecular complexity index is 202. The minimum Gasteiger partial charge on any atom is -0.479 e. The third-order valence-corrected chi connectivity index (χ3v) is 1.51. The first-order valence-corrected chi connectivity index (χ1v) is 3.36. The van der Waals surface area contributed by atoms with E-state index in [1.165, 1.54) is 13.8 Å². The lowest BCUT2D eigenvalue weighted by atomic mass is 10.0. The summed E-state index contributed by atoms with van der Waals surface area (Å²) in [5, 5.41) is 10.8. The van der Waals surface area contributed by atoms with E-state index in [0.29, 0.717) is 0 Å². The molecule has 0 fully saturated rings. The van der Waals surface area contributed by atoms with Gasteiger partial charge in [0, 0.05) is 6.92 Å². The molecule has 0 aliphatic carbocycles. The summed E-state index contributed by atoms with van der Waals surface area (Å²) >= 11 is 0. The Balaban J connectivity index is 4.35. The lowest BCUT2D eigenvalue weighted by Gasteiger charge is -2.26. The minimum atomic E-state index is -1.92. The van der Waals surface area contributed by atoms with E-state index in [1.807, 2.05) is 0 Å². The average Bonchev–Trinajstić information content (AvgIpc) is 1.85. The average molecular weight is 175 g/mol. The molecule has 0 saturated carbocycles. The number of nitrogens with one attached hydrogen (secondary N) is 1. The van der Waals surface area contributed by atoms with Gasteiger partial charge in [-0.05, 0) is 6.92 Å². The van der Waals surface area contributed by atoms with E-state index in [4.69, 9.17) is 16.6 Å². The second kappa shape index (κ2) is 3.51. The normalized spacial score (nSPS) is 13.7. The highest BCUT2D eigenvalue weighted by Gasteiger charge is 2.35.